The maximum Gasteiger partial charge on any atom is 0.222 e. The first-order valence-electron chi connectivity index (χ1n) is 6.37. The Morgan fingerprint density at radius 3 is 2.32 bits per heavy atom. The second-order valence-corrected chi connectivity index (χ2v) is 4.19. The number of aromatic nitrogens is 2. The van der Waals surface area contributed by atoms with Gasteiger partial charge in [0.05, 0.1) is 19.4 Å². The lowest BCUT2D eigenvalue weighted by atomic mass is 10.4. The highest BCUT2D eigenvalue weighted by atomic mass is 35.5. The minimum atomic E-state index is 0.206. The van der Waals surface area contributed by atoms with Crippen molar-refractivity contribution in [1.82, 2.24) is 9.97 Å². The third kappa shape index (κ3) is 5.59. The predicted octanol–water partition coefficient (Wildman–Crippen LogP) is 1.59. The lowest BCUT2D eigenvalue weighted by molar-refractivity contribution is 0.141. The first-order valence-corrected chi connectivity index (χ1v) is 6.75. The Hall–Kier alpha value is -1.11. The van der Waals surface area contributed by atoms with Gasteiger partial charge in [-0.05, 0) is 13.8 Å². The van der Waals surface area contributed by atoms with Crippen molar-refractivity contribution >= 4 is 23.4 Å². The molecule has 6 nitrogen and oxygen atoms in total. The number of hydrogen-bond donors (Lipinski definition) is 1. The fraction of sp³-hybridized carbons (Fsp3) is 0.667. The Morgan fingerprint density at radius 1 is 1.21 bits per heavy atom. The van der Waals surface area contributed by atoms with Gasteiger partial charge in [0.1, 0.15) is 5.02 Å². The second-order valence-electron chi connectivity index (χ2n) is 3.78. The normalized spacial score (nSPS) is 10.7. The highest BCUT2D eigenvalue weighted by molar-refractivity contribution is 6.32. The zero-order valence-corrected chi connectivity index (χ0v) is 12.2. The van der Waals surface area contributed by atoms with E-state index in [0.29, 0.717) is 50.4 Å². The quantitative estimate of drug-likeness (QED) is 0.696. The largest absolute Gasteiger partial charge is 0.380 e. The van der Waals surface area contributed by atoms with Crippen LogP contribution in [0.1, 0.15) is 13.8 Å². The van der Waals surface area contributed by atoms with Gasteiger partial charge in [0.2, 0.25) is 5.95 Å². The molecule has 0 saturated heterocycles. The highest BCUT2D eigenvalue weighted by Gasteiger charge is 2.13. The first-order chi connectivity index (χ1) is 9.19. The van der Waals surface area contributed by atoms with Gasteiger partial charge in [0.15, 0.2) is 5.82 Å². The molecular formula is C12H21ClN4O2. The Labute approximate surface area is 118 Å². The van der Waals surface area contributed by atoms with E-state index in [4.69, 9.17) is 26.8 Å². The van der Waals surface area contributed by atoms with E-state index in [1.54, 1.807) is 0 Å². The molecule has 19 heavy (non-hydrogen) atoms. The van der Waals surface area contributed by atoms with Crippen molar-refractivity contribution in [2.45, 2.75) is 13.8 Å². The van der Waals surface area contributed by atoms with Crippen molar-refractivity contribution in [2.75, 3.05) is 50.2 Å². The zero-order valence-electron chi connectivity index (χ0n) is 11.4. The number of rotatable bonds is 9. The van der Waals surface area contributed by atoms with E-state index in [1.807, 2.05) is 18.7 Å². The van der Waals surface area contributed by atoms with E-state index in [2.05, 4.69) is 9.97 Å². The van der Waals surface area contributed by atoms with Gasteiger partial charge in [-0.1, -0.05) is 11.6 Å². The average Bonchev–Trinajstić information content (AvgIpc) is 2.40. The third-order valence-corrected chi connectivity index (χ3v) is 2.73. The molecule has 0 bridgehead atoms. The Bertz CT molecular complexity index is 369. The van der Waals surface area contributed by atoms with Crippen LogP contribution in [0.3, 0.4) is 0 Å². The number of anilines is 2. The van der Waals surface area contributed by atoms with E-state index in [-0.39, 0.29) is 5.95 Å². The van der Waals surface area contributed by atoms with Crippen LogP contribution < -0.4 is 10.6 Å². The molecule has 7 heteroatoms. The number of nitrogens with zero attached hydrogens (tertiary/aromatic N) is 3. The molecule has 1 aromatic heterocycles. The van der Waals surface area contributed by atoms with Crippen molar-refractivity contribution in [3.8, 4) is 0 Å². The topological polar surface area (TPSA) is 73.5 Å². The smallest absolute Gasteiger partial charge is 0.222 e. The maximum absolute atomic E-state index is 6.11. The summed E-state index contributed by atoms with van der Waals surface area (Å²) in [6.07, 6.45) is 1.51. The minimum absolute atomic E-state index is 0.206. The molecule has 2 N–H and O–H groups in total. The van der Waals surface area contributed by atoms with Crippen LogP contribution in [-0.4, -0.2) is 49.5 Å². The van der Waals surface area contributed by atoms with Crippen LogP contribution >= 0.6 is 11.6 Å². The van der Waals surface area contributed by atoms with Crippen LogP contribution in [0.4, 0.5) is 11.8 Å². The molecule has 1 heterocycles. The number of hydrogen-bond acceptors (Lipinski definition) is 6. The van der Waals surface area contributed by atoms with E-state index < -0.39 is 0 Å². The van der Waals surface area contributed by atoms with Gasteiger partial charge >= 0.3 is 0 Å². The molecule has 0 unspecified atom stereocenters. The molecule has 0 aliphatic heterocycles. The summed E-state index contributed by atoms with van der Waals surface area (Å²) in [4.78, 5) is 10.0. The number of nitrogens with two attached hydrogens (primary N) is 1. The molecule has 0 atom stereocenters. The maximum atomic E-state index is 6.11. The fourth-order valence-corrected chi connectivity index (χ4v) is 1.77. The summed E-state index contributed by atoms with van der Waals surface area (Å²) in [5.41, 5.74) is 5.60. The third-order valence-electron chi connectivity index (χ3n) is 2.46. The van der Waals surface area contributed by atoms with Crippen LogP contribution in [0, 0.1) is 0 Å². The standard InChI is InChI=1S/C12H21ClN4O2/c1-3-18-7-5-17(6-8-19-4-2)11-10(13)9-15-12(14)16-11/h9H,3-8H2,1-2H3,(H2,14,15,16). The summed E-state index contributed by atoms with van der Waals surface area (Å²) >= 11 is 6.11. The second kappa shape index (κ2) is 8.90. The van der Waals surface area contributed by atoms with Crippen molar-refractivity contribution in [3.05, 3.63) is 11.2 Å². The summed E-state index contributed by atoms with van der Waals surface area (Å²) in [5.74, 6) is 0.825. The van der Waals surface area contributed by atoms with Crippen LogP contribution in [0.25, 0.3) is 0 Å². The number of ether oxygens (including phenoxy) is 2. The molecule has 0 spiro atoms. The molecular weight excluding hydrogens is 268 g/mol. The summed E-state index contributed by atoms with van der Waals surface area (Å²) in [6, 6.07) is 0. The minimum Gasteiger partial charge on any atom is -0.380 e. The van der Waals surface area contributed by atoms with Gasteiger partial charge in [-0.2, -0.15) is 4.98 Å². The van der Waals surface area contributed by atoms with Gasteiger partial charge in [0.25, 0.3) is 0 Å². The average molecular weight is 289 g/mol. The van der Waals surface area contributed by atoms with Crippen molar-refractivity contribution < 1.29 is 9.47 Å². The summed E-state index contributed by atoms with van der Waals surface area (Å²) < 4.78 is 10.7. The van der Waals surface area contributed by atoms with Crippen molar-refractivity contribution in [3.63, 3.8) is 0 Å². The van der Waals surface area contributed by atoms with Crippen molar-refractivity contribution in [2.24, 2.45) is 0 Å². The van der Waals surface area contributed by atoms with E-state index in [1.165, 1.54) is 6.20 Å². The summed E-state index contributed by atoms with van der Waals surface area (Å²) in [5, 5.41) is 0.474. The molecule has 0 fully saturated rings. The fourth-order valence-electron chi connectivity index (χ4n) is 1.55. The summed E-state index contributed by atoms with van der Waals surface area (Å²) in [6.45, 7) is 7.83. The highest BCUT2D eigenvalue weighted by Crippen LogP contribution is 2.22. The van der Waals surface area contributed by atoms with Gasteiger partial charge in [-0.25, -0.2) is 4.98 Å². The zero-order chi connectivity index (χ0) is 14.1. The number of halogens is 1. The van der Waals surface area contributed by atoms with Gasteiger partial charge in [0, 0.05) is 26.3 Å². The Morgan fingerprint density at radius 2 is 1.79 bits per heavy atom. The molecule has 0 saturated carbocycles. The van der Waals surface area contributed by atoms with E-state index in [0.717, 1.165) is 0 Å². The van der Waals surface area contributed by atoms with E-state index in [9.17, 15) is 0 Å². The molecule has 0 aliphatic rings. The Balaban J connectivity index is 2.72. The van der Waals surface area contributed by atoms with Gasteiger partial charge in [-0.3, -0.25) is 0 Å². The molecule has 1 aromatic rings. The van der Waals surface area contributed by atoms with Gasteiger partial charge in [-0.15, -0.1) is 0 Å². The summed E-state index contributed by atoms with van der Waals surface area (Å²) in [7, 11) is 0. The van der Waals surface area contributed by atoms with Gasteiger partial charge < -0.3 is 20.1 Å². The molecule has 0 radical (unpaired) electrons. The monoisotopic (exact) mass is 288 g/mol. The van der Waals surface area contributed by atoms with Crippen LogP contribution in [-0.2, 0) is 9.47 Å². The van der Waals surface area contributed by atoms with Crippen LogP contribution in [0.15, 0.2) is 6.20 Å². The van der Waals surface area contributed by atoms with Crippen molar-refractivity contribution in [1.29, 1.82) is 0 Å². The molecule has 0 aliphatic carbocycles. The van der Waals surface area contributed by atoms with Crippen LogP contribution in [0.5, 0.6) is 0 Å². The molecule has 0 amide bonds. The number of nitrogen functional groups attached to an aromatic ring is 1. The van der Waals surface area contributed by atoms with Crippen LogP contribution in [0.2, 0.25) is 5.02 Å². The lowest BCUT2D eigenvalue weighted by Gasteiger charge is -2.24. The predicted molar refractivity (Wildman–Crippen MR) is 76.7 cm³/mol. The molecule has 108 valence electrons. The molecule has 1 rings (SSSR count). The Kier molecular flexibility index (Phi) is 7.47. The molecule has 0 aromatic carbocycles. The first kappa shape index (κ1) is 15.9. The SMILES string of the molecule is CCOCCN(CCOCC)c1nc(N)ncc1Cl. The van der Waals surface area contributed by atoms with E-state index >= 15 is 0 Å². The lowest BCUT2D eigenvalue weighted by Crippen LogP contribution is -2.32.